The summed E-state index contributed by atoms with van der Waals surface area (Å²) in [5.41, 5.74) is 7.28. The minimum atomic E-state index is 0.163. The topological polar surface area (TPSA) is 56.7 Å². The van der Waals surface area contributed by atoms with Crippen molar-refractivity contribution in [3.8, 4) is 11.1 Å². The fourth-order valence-electron chi connectivity index (χ4n) is 4.53. The number of benzene rings is 2. The molecule has 156 valence electrons. The molecule has 0 aliphatic carbocycles. The summed E-state index contributed by atoms with van der Waals surface area (Å²) in [6.07, 6.45) is 1.90. The van der Waals surface area contributed by atoms with E-state index in [-0.39, 0.29) is 6.04 Å². The molecule has 0 amide bonds. The van der Waals surface area contributed by atoms with Crippen molar-refractivity contribution in [2.45, 2.75) is 46.6 Å². The molecule has 1 atom stereocenters. The SMILES string of the molecule is Cc1noc(C)c1-c1ccc2c(c1)ncc1nc(C(C)C)n(C(C)c3ccccc3)c12. The molecule has 0 fully saturated rings. The molecule has 5 rings (SSSR count). The minimum Gasteiger partial charge on any atom is -0.361 e. The zero-order valence-electron chi connectivity index (χ0n) is 18.5. The number of pyridine rings is 1. The number of imidazole rings is 1. The van der Waals surface area contributed by atoms with Gasteiger partial charge in [-0.1, -0.05) is 61.5 Å². The summed E-state index contributed by atoms with van der Waals surface area (Å²) in [6, 6.07) is 17.2. The predicted molar refractivity (Wildman–Crippen MR) is 124 cm³/mol. The van der Waals surface area contributed by atoms with E-state index in [2.05, 4.69) is 79.0 Å². The molecule has 0 spiro atoms. The van der Waals surface area contributed by atoms with Crippen LogP contribution in [0.4, 0.5) is 0 Å². The largest absolute Gasteiger partial charge is 0.361 e. The van der Waals surface area contributed by atoms with Gasteiger partial charge in [0.25, 0.3) is 0 Å². The van der Waals surface area contributed by atoms with Gasteiger partial charge in [-0.05, 0) is 38.0 Å². The van der Waals surface area contributed by atoms with Gasteiger partial charge in [0.1, 0.15) is 17.1 Å². The van der Waals surface area contributed by atoms with Crippen LogP contribution >= 0.6 is 0 Å². The van der Waals surface area contributed by atoms with E-state index < -0.39 is 0 Å². The first kappa shape index (κ1) is 19.5. The maximum Gasteiger partial charge on any atom is 0.141 e. The third-order valence-electron chi connectivity index (χ3n) is 6.05. The molecule has 31 heavy (non-hydrogen) atoms. The van der Waals surface area contributed by atoms with Gasteiger partial charge in [-0.25, -0.2) is 4.98 Å². The zero-order chi connectivity index (χ0) is 21.7. The van der Waals surface area contributed by atoms with Crippen molar-refractivity contribution < 1.29 is 4.52 Å². The van der Waals surface area contributed by atoms with Crippen LogP contribution in [-0.2, 0) is 0 Å². The molecule has 0 aliphatic heterocycles. The van der Waals surface area contributed by atoms with E-state index in [0.29, 0.717) is 5.92 Å². The first-order chi connectivity index (χ1) is 15.0. The van der Waals surface area contributed by atoms with E-state index in [1.165, 1.54) is 5.56 Å². The molecule has 3 heterocycles. The second-order valence-electron chi connectivity index (χ2n) is 8.50. The molecule has 0 N–H and O–H groups in total. The summed E-state index contributed by atoms with van der Waals surface area (Å²) in [4.78, 5) is 9.74. The summed E-state index contributed by atoms with van der Waals surface area (Å²) in [6.45, 7) is 10.5. The smallest absolute Gasteiger partial charge is 0.141 e. The Morgan fingerprint density at radius 1 is 0.935 bits per heavy atom. The van der Waals surface area contributed by atoms with Gasteiger partial charge in [0.05, 0.1) is 29.0 Å². The van der Waals surface area contributed by atoms with E-state index >= 15 is 0 Å². The number of aryl methyl sites for hydroxylation is 2. The van der Waals surface area contributed by atoms with Crippen molar-refractivity contribution in [3.63, 3.8) is 0 Å². The van der Waals surface area contributed by atoms with Gasteiger partial charge in [0, 0.05) is 16.9 Å². The normalized spacial score (nSPS) is 12.8. The average Bonchev–Trinajstić information content (AvgIpc) is 3.33. The molecule has 0 aliphatic rings. The van der Waals surface area contributed by atoms with Crippen LogP contribution in [-0.4, -0.2) is 19.7 Å². The van der Waals surface area contributed by atoms with Crippen molar-refractivity contribution >= 4 is 21.9 Å². The van der Waals surface area contributed by atoms with E-state index in [4.69, 9.17) is 14.5 Å². The molecule has 5 nitrogen and oxygen atoms in total. The van der Waals surface area contributed by atoms with E-state index in [9.17, 15) is 0 Å². The van der Waals surface area contributed by atoms with Crippen molar-refractivity contribution in [1.29, 1.82) is 0 Å². The standard InChI is InChI=1S/C26H26N4O/c1-15(2)26-28-23-14-27-22-13-20(24-16(3)29-31-18(24)5)11-12-21(22)25(23)30(26)17(4)19-9-7-6-8-10-19/h6-15,17H,1-5H3. The zero-order valence-corrected chi connectivity index (χ0v) is 18.5. The summed E-state index contributed by atoms with van der Waals surface area (Å²) in [7, 11) is 0. The third-order valence-corrected chi connectivity index (χ3v) is 6.05. The van der Waals surface area contributed by atoms with Crippen molar-refractivity contribution in [3.05, 3.63) is 77.6 Å². The van der Waals surface area contributed by atoms with Crippen LogP contribution in [0.3, 0.4) is 0 Å². The molecular weight excluding hydrogens is 384 g/mol. The Morgan fingerprint density at radius 3 is 2.39 bits per heavy atom. The van der Waals surface area contributed by atoms with Gasteiger partial charge >= 0.3 is 0 Å². The molecular formula is C26H26N4O. The fraction of sp³-hybridized carbons (Fsp3) is 0.269. The van der Waals surface area contributed by atoms with Gasteiger partial charge in [-0.2, -0.15) is 0 Å². The lowest BCUT2D eigenvalue weighted by Gasteiger charge is -2.20. The average molecular weight is 411 g/mol. The van der Waals surface area contributed by atoms with Crippen LogP contribution in [0.2, 0.25) is 0 Å². The van der Waals surface area contributed by atoms with Crippen LogP contribution in [0.1, 0.15) is 55.6 Å². The van der Waals surface area contributed by atoms with Crippen molar-refractivity contribution in [2.75, 3.05) is 0 Å². The summed E-state index contributed by atoms with van der Waals surface area (Å²) in [5, 5.41) is 5.21. The quantitative estimate of drug-likeness (QED) is 0.335. The fourth-order valence-corrected chi connectivity index (χ4v) is 4.53. The highest BCUT2D eigenvalue weighted by atomic mass is 16.5. The Morgan fingerprint density at radius 2 is 1.71 bits per heavy atom. The first-order valence-electron chi connectivity index (χ1n) is 10.7. The van der Waals surface area contributed by atoms with Gasteiger partial charge in [0.2, 0.25) is 0 Å². The summed E-state index contributed by atoms with van der Waals surface area (Å²) in [5.74, 6) is 2.20. The van der Waals surface area contributed by atoms with Gasteiger partial charge in [-0.15, -0.1) is 0 Å². The highest BCUT2D eigenvalue weighted by Gasteiger charge is 2.22. The Bertz CT molecular complexity index is 1380. The molecule has 2 aromatic carbocycles. The molecule has 5 heteroatoms. The molecule has 5 aromatic rings. The maximum absolute atomic E-state index is 5.38. The Balaban J connectivity index is 1.78. The van der Waals surface area contributed by atoms with Crippen LogP contribution < -0.4 is 0 Å². The number of rotatable bonds is 4. The molecule has 1 unspecified atom stereocenters. The van der Waals surface area contributed by atoms with Gasteiger partial charge in [-0.3, -0.25) is 4.98 Å². The molecule has 0 radical (unpaired) electrons. The number of hydrogen-bond donors (Lipinski definition) is 0. The molecule has 0 bridgehead atoms. The Kier molecular flexibility index (Phi) is 4.62. The van der Waals surface area contributed by atoms with Gasteiger partial charge in [0.15, 0.2) is 0 Å². The van der Waals surface area contributed by atoms with Crippen LogP contribution in [0, 0.1) is 13.8 Å². The van der Waals surface area contributed by atoms with Crippen molar-refractivity contribution in [1.82, 2.24) is 19.7 Å². The number of fused-ring (bicyclic) bond motifs is 3. The number of aromatic nitrogens is 4. The number of hydrogen-bond acceptors (Lipinski definition) is 4. The minimum absolute atomic E-state index is 0.163. The van der Waals surface area contributed by atoms with Crippen LogP contribution in [0.15, 0.2) is 59.3 Å². The molecule has 0 saturated heterocycles. The van der Waals surface area contributed by atoms with Gasteiger partial charge < -0.3 is 9.09 Å². The second-order valence-corrected chi connectivity index (χ2v) is 8.50. The second kappa shape index (κ2) is 7.34. The van der Waals surface area contributed by atoms with Crippen LogP contribution in [0.25, 0.3) is 33.1 Å². The molecule has 3 aromatic heterocycles. The van der Waals surface area contributed by atoms with Crippen molar-refractivity contribution in [2.24, 2.45) is 0 Å². The van der Waals surface area contributed by atoms with E-state index in [1.807, 2.05) is 20.0 Å². The number of nitrogens with zero attached hydrogens (tertiary/aromatic N) is 4. The Labute approximate surface area is 181 Å². The summed E-state index contributed by atoms with van der Waals surface area (Å²) < 4.78 is 7.76. The lowest BCUT2D eigenvalue weighted by molar-refractivity contribution is 0.393. The first-order valence-corrected chi connectivity index (χ1v) is 10.7. The Hall–Kier alpha value is -3.47. The van der Waals surface area contributed by atoms with E-state index in [0.717, 1.165) is 50.3 Å². The lowest BCUT2D eigenvalue weighted by Crippen LogP contribution is -2.12. The lowest BCUT2D eigenvalue weighted by atomic mass is 10.0. The third kappa shape index (κ3) is 3.12. The highest BCUT2D eigenvalue weighted by molar-refractivity contribution is 6.03. The van der Waals surface area contributed by atoms with E-state index in [1.54, 1.807) is 0 Å². The summed E-state index contributed by atoms with van der Waals surface area (Å²) >= 11 is 0. The van der Waals surface area contributed by atoms with Crippen LogP contribution in [0.5, 0.6) is 0 Å². The maximum atomic E-state index is 5.38. The molecule has 0 saturated carbocycles. The predicted octanol–water partition coefficient (Wildman–Crippen LogP) is 6.59. The monoisotopic (exact) mass is 410 g/mol. The highest BCUT2D eigenvalue weighted by Crippen LogP contribution is 2.35.